The van der Waals surface area contributed by atoms with E-state index in [9.17, 15) is 8.42 Å². The van der Waals surface area contributed by atoms with E-state index in [0.717, 1.165) is 5.75 Å². The highest BCUT2D eigenvalue weighted by Gasteiger charge is 2.17. The predicted octanol–water partition coefficient (Wildman–Crippen LogP) is 2.45. The van der Waals surface area contributed by atoms with Crippen LogP contribution in [0.15, 0.2) is 23.1 Å². The maximum absolute atomic E-state index is 11.9. The monoisotopic (exact) mass is 279 g/mol. The topological polar surface area (TPSA) is 60.2 Å². The highest BCUT2D eigenvalue weighted by Crippen LogP contribution is 2.25. The smallest absolute Gasteiger partial charge is 0.179 e. The van der Waals surface area contributed by atoms with Crippen molar-refractivity contribution in [2.75, 3.05) is 23.5 Å². The van der Waals surface area contributed by atoms with E-state index in [1.807, 2.05) is 6.26 Å². The van der Waals surface area contributed by atoms with Crippen LogP contribution >= 0.6 is 23.4 Å². The van der Waals surface area contributed by atoms with Crippen molar-refractivity contribution in [3.63, 3.8) is 0 Å². The summed E-state index contributed by atoms with van der Waals surface area (Å²) in [4.78, 5) is 0.135. The molecule has 0 aliphatic carbocycles. The number of nitrogens with two attached hydrogens (primary N) is 1. The van der Waals surface area contributed by atoms with Crippen LogP contribution in [0.3, 0.4) is 0 Å². The Bertz CT molecular complexity index is 460. The van der Waals surface area contributed by atoms with Gasteiger partial charge < -0.3 is 5.73 Å². The lowest BCUT2D eigenvalue weighted by atomic mass is 10.3. The average molecular weight is 280 g/mol. The molecular weight excluding hydrogens is 266 g/mol. The van der Waals surface area contributed by atoms with Crippen LogP contribution in [0.1, 0.15) is 6.42 Å². The zero-order valence-electron chi connectivity index (χ0n) is 8.94. The van der Waals surface area contributed by atoms with Crippen LogP contribution in [0.4, 0.5) is 5.69 Å². The summed E-state index contributed by atoms with van der Waals surface area (Å²) in [5.74, 6) is 0.927. The second-order valence-corrected chi connectivity index (χ2v) is 6.83. The lowest BCUT2D eigenvalue weighted by Gasteiger charge is -2.06. The standard InChI is InChI=1S/C10H14ClNO2S2/c1-15-5-2-6-16(13,14)10-7-8(12)3-4-9(10)11/h3-4,7H,2,5-6,12H2,1H3. The molecule has 0 aliphatic heterocycles. The number of thioether (sulfide) groups is 1. The third-order valence-corrected chi connectivity index (χ3v) is 5.02. The predicted molar refractivity (Wildman–Crippen MR) is 70.9 cm³/mol. The second-order valence-electron chi connectivity index (χ2n) is 3.36. The molecule has 0 heterocycles. The van der Waals surface area contributed by atoms with Crippen molar-refractivity contribution in [1.82, 2.24) is 0 Å². The molecular formula is C10H14ClNO2S2. The number of hydrogen-bond acceptors (Lipinski definition) is 4. The molecule has 0 atom stereocenters. The van der Waals surface area contributed by atoms with Gasteiger partial charge in [0.1, 0.15) is 0 Å². The van der Waals surface area contributed by atoms with Crippen LogP contribution in [0, 0.1) is 0 Å². The van der Waals surface area contributed by atoms with E-state index >= 15 is 0 Å². The lowest BCUT2D eigenvalue weighted by Crippen LogP contribution is -2.08. The van der Waals surface area contributed by atoms with Crippen molar-refractivity contribution in [3.8, 4) is 0 Å². The van der Waals surface area contributed by atoms with Crippen LogP contribution in [-0.2, 0) is 9.84 Å². The number of rotatable bonds is 5. The van der Waals surface area contributed by atoms with Gasteiger partial charge in [0, 0.05) is 5.69 Å². The van der Waals surface area contributed by atoms with E-state index in [1.165, 1.54) is 12.1 Å². The van der Waals surface area contributed by atoms with Gasteiger partial charge in [-0.3, -0.25) is 0 Å². The van der Waals surface area contributed by atoms with Gasteiger partial charge >= 0.3 is 0 Å². The Balaban J connectivity index is 2.93. The van der Waals surface area contributed by atoms with Gasteiger partial charge in [0.05, 0.1) is 15.7 Å². The van der Waals surface area contributed by atoms with Crippen LogP contribution < -0.4 is 5.73 Å². The maximum Gasteiger partial charge on any atom is 0.179 e. The number of sulfone groups is 1. The molecule has 2 N–H and O–H groups in total. The van der Waals surface area contributed by atoms with Gasteiger partial charge in [-0.1, -0.05) is 11.6 Å². The first-order valence-corrected chi connectivity index (χ1v) is 8.16. The van der Waals surface area contributed by atoms with E-state index in [0.29, 0.717) is 12.1 Å². The summed E-state index contributed by atoms with van der Waals surface area (Å²) in [5, 5.41) is 0.235. The van der Waals surface area contributed by atoms with Crippen molar-refractivity contribution < 1.29 is 8.42 Å². The SMILES string of the molecule is CSCCCS(=O)(=O)c1cc(N)ccc1Cl. The molecule has 0 fully saturated rings. The van der Waals surface area contributed by atoms with Crippen molar-refractivity contribution in [3.05, 3.63) is 23.2 Å². The van der Waals surface area contributed by atoms with Crippen LogP contribution in [0.5, 0.6) is 0 Å². The minimum absolute atomic E-state index is 0.108. The Labute approximate surface area is 105 Å². The largest absolute Gasteiger partial charge is 0.399 e. The van der Waals surface area contributed by atoms with Crippen LogP contribution in [0.25, 0.3) is 0 Å². The normalized spacial score (nSPS) is 11.6. The molecule has 0 saturated carbocycles. The minimum Gasteiger partial charge on any atom is -0.399 e. The lowest BCUT2D eigenvalue weighted by molar-refractivity contribution is 0.595. The first-order valence-electron chi connectivity index (χ1n) is 4.74. The summed E-state index contributed by atoms with van der Waals surface area (Å²) in [5.41, 5.74) is 5.96. The summed E-state index contributed by atoms with van der Waals surface area (Å²) in [6.45, 7) is 0. The first kappa shape index (κ1) is 13.7. The summed E-state index contributed by atoms with van der Waals surface area (Å²) in [6, 6.07) is 4.51. The fourth-order valence-electron chi connectivity index (χ4n) is 1.26. The number of hydrogen-bond donors (Lipinski definition) is 1. The second kappa shape index (κ2) is 5.80. The van der Waals surface area contributed by atoms with Gasteiger partial charge in [0.2, 0.25) is 0 Å². The fraction of sp³-hybridized carbons (Fsp3) is 0.400. The van der Waals surface area contributed by atoms with E-state index < -0.39 is 9.84 Å². The van der Waals surface area contributed by atoms with Crippen LogP contribution in [0.2, 0.25) is 5.02 Å². The van der Waals surface area contributed by atoms with Gasteiger partial charge in [0.25, 0.3) is 0 Å². The maximum atomic E-state index is 11.9. The third-order valence-electron chi connectivity index (χ3n) is 2.05. The molecule has 90 valence electrons. The summed E-state index contributed by atoms with van der Waals surface area (Å²) in [7, 11) is -3.31. The molecule has 16 heavy (non-hydrogen) atoms. The van der Waals surface area contributed by atoms with Crippen molar-refractivity contribution >= 4 is 38.9 Å². The van der Waals surface area contributed by atoms with Crippen molar-refractivity contribution in [2.45, 2.75) is 11.3 Å². The molecule has 0 spiro atoms. The van der Waals surface area contributed by atoms with E-state index in [-0.39, 0.29) is 15.7 Å². The highest BCUT2D eigenvalue weighted by atomic mass is 35.5. The molecule has 0 saturated heterocycles. The van der Waals surface area contributed by atoms with Crippen molar-refractivity contribution in [1.29, 1.82) is 0 Å². The molecule has 0 bridgehead atoms. The molecule has 0 radical (unpaired) electrons. The van der Waals surface area contributed by atoms with E-state index in [2.05, 4.69) is 0 Å². The number of nitrogen functional groups attached to an aromatic ring is 1. The molecule has 1 aromatic carbocycles. The summed E-state index contributed by atoms with van der Waals surface area (Å²) < 4.78 is 23.9. The molecule has 6 heteroatoms. The highest BCUT2D eigenvalue weighted by molar-refractivity contribution is 7.98. The average Bonchev–Trinajstić information content (AvgIpc) is 2.22. The Morgan fingerprint density at radius 3 is 2.75 bits per heavy atom. The number of anilines is 1. The first-order chi connectivity index (χ1) is 7.47. The van der Waals surface area contributed by atoms with Gasteiger partial charge in [-0.15, -0.1) is 0 Å². The van der Waals surface area contributed by atoms with Gasteiger partial charge in [0.15, 0.2) is 9.84 Å². The number of benzene rings is 1. The molecule has 0 aliphatic rings. The number of halogens is 1. The Hall–Kier alpha value is -0.390. The fourth-order valence-corrected chi connectivity index (χ4v) is 3.77. The Morgan fingerprint density at radius 2 is 2.12 bits per heavy atom. The molecule has 1 aromatic rings. The molecule has 0 aromatic heterocycles. The zero-order chi connectivity index (χ0) is 12.2. The van der Waals surface area contributed by atoms with Crippen LogP contribution in [-0.4, -0.2) is 26.2 Å². The van der Waals surface area contributed by atoms with Gasteiger partial charge in [-0.05, 0) is 36.6 Å². The minimum atomic E-state index is -3.31. The van der Waals surface area contributed by atoms with Crippen molar-refractivity contribution in [2.24, 2.45) is 0 Å². The molecule has 3 nitrogen and oxygen atoms in total. The Kier molecular flexibility index (Phi) is 4.95. The third kappa shape index (κ3) is 3.57. The summed E-state index contributed by atoms with van der Waals surface area (Å²) in [6.07, 6.45) is 2.56. The summed E-state index contributed by atoms with van der Waals surface area (Å²) >= 11 is 7.48. The Morgan fingerprint density at radius 1 is 1.44 bits per heavy atom. The van der Waals surface area contributed by atoms with Gasteiger partial charge in [-0.25, -0.2) is 8.42 Å². The molecule has 0 unspecified atom stereocenters. The quantitative estimate of drug-likeness (QED) is 0.664. The molecule has 1 rings (SSSR count). The molecule has 0 amide bonds. The van der Waals surface area contributed by atoms with E-state index in [1.54, 1.807) is 17.8 Å². The zero-order valence-corrected chi connectivity index (χ0v) is 11.3. The van der Waals surface area contributed by atoms with E-state index in [4.69, 9.17) is 17.3 Å². The van der Waals surface area contributed by atoms with Gasteiger partial charge in [-0.2, -0.15) is 11.8 Å².